The van der Waals surface area contributed by atoms with Crippen molar-refractivity contribution in [2.45, 2.75) is 30.5 Å². The van der Waals surface area contributed by atoms with Gasteiger partial charge in [-0.2, -0.15) is 4.31 Å². The Morgan fingerprint density at radius 1 is 1.21 bits per heavy atom. The molecule has 3 rings (SSSR count). The number of hydrogen-bond donors (Lipinski definition) is 1. The first-order chi connectivity index (χ1) is 11.4. The van der Waals surface area contributed by atoms with Gasteiger partial charge in [-0.3, -0.25) is 4.79 Å². The fraction of sp³-hybridized carbons (Fsp3) is 0.353. The van der Waals surface area contributed by atoms with Gasteiger partial charge in [0.05, 0.1) is 0 Å². The molecular formula is C17H20N2O3S2. The number of nitrogens with one attached hydrogen (secondary N) is 1. The van der Waals surface area contributed by atoms with Crippen LogP contribution in [0.1, 0.15) is 29.0 Å². The Labute approximate surface area is 146 Å². The van der Waals surface area contributed by atoms with Gasteiger partial charge in [0.15, 0.2) is 0 Å². The molecule has 2 heterocycles. The molecule has 1 aromatic carbocycles. The van der Waals surface area contributed by atoms with Crippen LogP contribution in [0.25, 0.3) is 0 Å². The number of aryl methyl sites for hydroxylation is 2. The van der Waals surface area contributed by atoms with Crippen LogP contribution in [0.5, 0.6) is 0 Å². The molecule has 1 N–H and O–H groups in total. The number of thiophene rings is 1. The van der Waals surface area contributed by atoms with Gasteiger partial charge < -0.3 is 5.32 Å². The highest BCUT2D eigenvalue weighted by atomic mass is 32.2. The van der Waals surface area contributed by atoms with Gasteiger partial charge in [-0.25, -0.2) is 8.42 Å². The molecule has 128 valence electrons. The standard InChI is InChI=1S/C17H20N2O3S2/c1-3-14-8-9-15(23-14)24(21,22)19-11-10-18-17(20)16(19)13-6-4-12(2)5-7-13/h4-9,16H,3,10-11H2,1-2H3,(H,18,20). The average Bonchev–Trinajstić information content (AvgIpc) is 3.05. The van der Waals surface area contributed by atoms with E-state index < -0.39 is 16.1 Å². The number of hydrogen-bond acceptors (Lipinski definition) is 4. The van der Waals surface area contributed by atoms with Gasteiger partial charge in [-0.1, -0.05) is 36.8 Å². The highest BCUT2D eigenvalue weighted by Gasteiger charge is 2.40. The molecule has 5 nitrogen and oxygen atoms in total. The van der Waals surface area contributed by atoms with Gasteiger partial charge in [-0.15, -0.1) is 11.3 Å². The lowest BCUT2D eigenvalue weighted by molar-refractivity contribution is -0.126. The van der Waals surface area contributed by atoms with Crippen molar-refractivity contribution in [1.82, 2.24) is 9.62 Å². The predicted molar refractivity (Wildman–Crippen MR) is 94.5 cm³/mol. The summed E-state index contributed by atoms with van der Waals surface area (Å²) in [7, 11) is -3.70. The van der Waals surface area contributed by atoms with Crippen LogP contribution < -0.4 is 5.32 Å². The summed E-state index contributed by atoms with van der Waals surface area (Å²) in [6.45, 7) is 4.54. The Bertz CT molecular complexity index is 841. The van der Waals surface area contributed by atoms with Crippen molar-refractivity contribution >= 4 is 27.3 Å². The third-order valence-electron chi connectivity index (χ3n) is 4.11. The minimum atomic E-state index is -3.70. The lowest BCUT2D eigenvalue weighted by Crippen LogP contribution is -2.51. The second kappa shape index (κ2) is 6.66. The lowest BCUT2D eigenvalue weighted by atomic mass is 10.0. The monoisotopic (exact) mass is 364 g/mol. The number of benzene rings is 1. The summed E-state index contributed by atoms with van der Waals surface area (Å²) in [6.07, 6.45) is 0.794. The average molecular weight is 364 g/mol. The Balaban J connectivity index is 2.02. The van der Waals surface area contributed by atoms with Crippen LogP contribution in [0, 0.1) is 6.92 Å². The number of sulfonamides is 1. The van der Waals surface area contributed by atoms with E-state index in [2.05, 4.69) is 5.32 Å². The summed E-state index contributed by atoms with van der Waals surface area (Å²) in [5, 5.41) is 2.77. The number of carbonyl (C=O) groups excluding carboxylic acids is 1. The van der Waals surface area contributed by atoms with Gasteiger partial charge in [0.1, 0.15) is 10.3 Å². The van der Waals surface area contributed by atoms with Crippen LogP contribution in [-0.4, -0.2) is 31.7 Å². The molecule has 0 aliphatic carbocycles. The van der Waals surface area contributed by atoms with Crippen molar-refractivity contribution in [3.05, 3.63) is 52.4 Å². The minimum Gasteiger partial charge on any atom is -0.353 e. The second-order valence-electron chi connectivity index (χ2n) is 5.79. The predicted octanol–water partition coefficient (Wildman–Crippen LogP) is 2.48. The highest BCUT2D eigenvalue weighted by molar-refractivity contribution is 7.91. The zero-order valence-corrected chi connectivity index (χ0v) is 15.3. The van der Waals surface area contributed by atoms with Crippen molar-refractivity contribution < 1.29 is 13.2 Å². The number of amides is 1. The van der Waals surface area contributed by atoms with E-state index in [1.807, 2.05) is 44.2 Å². The molecule has 2 aromatic rings. The van der Waals surface area contributed by atoms with Crippen LogP contribution in [0.3, 0.4) is 0 Å². The SMILES string of the molecule is CCc1ccc(S(=O)(=O)N2CCNC(=O)C2c2ccc(C)cc2)s1. The van der Waals surface area contributed by atoms with Crippen molar-refractivity contribution in [3.8, 4) is 0 Å². The third kappa shape index (κ3) is 3.11. The summed E-state index contributed by atoms with van der Waals surface area (Å²) in [6, 6.07) is 10.1. The topological polar surface area (TPSA) is 66.5 Å². The van der Waals surface area contributed by atoms with E-state index in [4.69, 9.17) is 0 Å². The van der Waals surface area contributed by atoms with Crippen molar-refractivity contribution in [2.75, 3.05) is 13.1 Å². The van der Waals surface area contributed by atoms with Crippen LogP contribution in [0.15, 0.2) is 40.6 Å². The van der Waals surface area contributed by atoms with Crippen LogP contribution in [0.2, 0.25) is 0 Å². The summed E-state index contributed by atoms with van der Waals surface area (Å²) < 4.78 is 27.8. The first-order valence-corrected chi connectivity index (χ1v) is 10.1. The number of piperazine rings is 1. The van der Waals surface area contributed by atoms with Gasteiger partial charge in [0, 0.05) is 18.0 Å². The van der Waals surface area contributed by atoms with Crippen LogP contribution in [0.4, 0.5) is 0 Å². The maximum Gasteiger partial charge on any atom is 0.253 e. The van der Waals surface area contributed by atoms with E-state index in [1.165, 1.54) is 15.6 Å². The molecule has 1 aliphatic heterocycles. The molecule has 24 heavy (non-hydrogen) atoms. The van der Waals surface area contributed by atoms with E-state index in [1.54, 1.807) is 6.07 Å². The van der Waals surface area contributed by atoms with Crippen LogP contribution in [-0.2, 0) is 21.2 Å². The Morgan fingerprint density at radius 2 is 1.92 bits per heavy atom. The van der Waals surface area contributed by atoms with E-state index in [0.717, 1.165) is 16.9 Å². The van der Waals surface area contributed by atoms with Gasteiger partial charge in [-0.05, 0) is 31.0 Å². The molecule has 1 amide bonds. The van der Waals surface area contributed by atoms with Gasteiger partial charge in [0.25, 0.3) is 10.0 Å². The molecular weight excluding hydrogens is 344 g/mol. The van der Waals surface area contributed by atoms with Crippen molar-refractivity contribution in [2.24, 2.45) is 0 Å². The summed E-state index contributed by atoms with van der Waals surface area (Å²) in [5.41, 5.74) is 1.75. The summed E-state index contributed by atoms with van der Waals surface area (Å²) >= 11 is 1.27. The second-order valence-corrected chi connectivity index (χ2v) is 9.08. The molecule has 0 saturated carbocycles. The molecule has 7 heteroatoms. The molecule has 0 radical (unpaired) electrons. The molecule has 1 atom stereocenters. The van der Waals surface area contributed by atoms with E-state index in [9.17, 15) is 13.2 Å². The smallest absolute Gasteiger partial charge is 0.253 e. The first kappa shape index (κ1) is 17.1. The number of carbonyl (C=O) groups is 1. The molecule has 1 saturated heterocycles. The minimum absolute atomic E-state index is 0.270. The number of nitrogens with zero attached hydrogens (tertiary/aromatic N) is 1. The van der Waals surface area contributed by atoms with Crippen molar-refractivity contribution in [3.63, 3.8) is 0 Å². The molecule has 1 aromatic heterocycles. The van der Waals surface area contributed by atoms with Gasteiger partial charge >= 0.3 is 0 Å². The fourth-order valence-electron chi connectivity index (χ4n) is 2.77. The van der Waals surface area contributed by atoms with E-state index >= 15 is 0 Å². The molecule has 0 bridgehead atoms. The quantitative estimate of drug-likeness (QED) is 0.906. The Morgan fingerprint density at radius 3 is 2.54 bits per heavy atom. The van der Waals surface area contributed by atoms with Gasteiger partial charge in [0.2, 0.25) is 5.91 Å². The normalized spacial score (nSPS) is 19.2. The maximum absolute atomic E-state index is 13.1. The molecule has 1 unspecified atom stereocenters. The molecule has 1 aliphatic rings. The van der Waals surface area contributed by atoms with E-state index in [0.29, 0.717) is 16.3 Å². The zero-order valence-electron chi connectivity index (χ0n) is 13.7. The third-order valence-corrected chi connectivity index (χ3v) is 7.67. The Kier molecular flexibility index (Phi) is 4.76. The van der Waals surface area contributed by atoms with Crippen molar-refractivity contribution in [1.29, 1.82) is 0 Å². The van der Waals surface area contributed by atoms with E-state index in [-0.39, 0.29) is 12.5 Å². The lowest BCUT2D eigenvalue weighted by Gasteiger charge is -2.33. The largest absolute Gasteiger partial charge is 0.353 e. The maximum atomic E-state index is 13.1. The summed E-state index contributed by atoms with van der Waals surface area (Å²) in [4.78, 5) is 13.4. The van der Waals surface area contributed by atoms with Crippen LogP contribution >= 0.6 is 11.3 Å². The number of rotatable bonds is 4. The first-order valence-electron chi connectivity index (χ1n) is 7.88. The zero-order chi connectivity index (χ0) is 17.3. The molecule has 1 fully saturated rings. The Hall–Kier alpha value is -1.70. The molecule has 0 spiro atoms. The summed E-state index contributed by atoms with van der Waals surface area (Å²) in [5.74, 6) is -0.277. The fourth-order valence-corrected chi connectivity index (χ4v) is 5.78. The highest BCUT2D eigenvalue weighted by Crippen LogP contribution is 2.32.